The molecule has 1 aromatic heterocycles. The second kappa shape index (κ2) is 8.69. The zero-order chi connectivity index (χ0) is 18.5. The Balaban J connectivity index is 1.92. The number of halogens is 1. The van der Waals surface area contributed by atoms with Gasteiger partial charge in [-0.1, -0.05) is 31.0 Å². The monoisotopic (exact) mass is 374 g/mol. The van der Waals surface area contributed by atoms with Crippen LogP contribution in [0.1, 0.15) is 37.4 Å². The Morgan fingerprint density at radius 3 is 2.92 bits per heavy atom. The minimum absolute atomic E-state index is 0.380. The maximum atomic E-state index is 6.15. The quantitative estimate of drug-likeness (QED) is 0.757. The molecular formula is C20H27ClN4O. The van der Waals surface area contributed by atoms with E-state index >= 15 is 0 Å². The summed E-state index contributed by atoms with van der Waals surface area (Å²) in [6.07, 6.45) is 4.28. The summed E-state index contributed by atoms with van der Waals surface area (Å²) >= 11 is 6.15. The van der Waals surface area contributed by atoms with Crippen molar-refractivity contribution >= 4 is 29.1 Å². The molecule has 1 unspecified atom stereocenters. The predicted molar refractivity (Wildman–Crippen MR) is 108 cm³/mol. The fraction of sp³-hybridized carbons (Fsp3) is 0.500. The predicted octanol–water partition coefficient (Wildman–Crippen LogP) is 4.75. The van der Waals surface area contributed by atoms with E-state index in [9.17, 15) is 0 Å². The van der Waals surface area contributed by atoms with Crippen LogP contribution in [0.5, 0.6) is 0 Å². The maximum Gasteiger partial charge on any atom is 0.229 e. The number of nitrogens with zero attached hydrogens (tertiary/aromatic N) is 3. The van der Waals surface area contributed by atoms with Gasteiger partial charge in [-0.25, -0.2) is 4.98 Å². The molecule has 1 aromatic carbocycles. The minimum atomic E-state index is 0.380. The first-order valence-corrected chi connectivity index (χ1v) is 9.65. The summed E-state index contributed by atoms with van der Waals surface area (Å²) in [6.45, 7) is 5.94. The molecule has 5 nitrogen and oxygen atoms in total. The van der Waals surface area contributed by atoms with Crippen molar-refractivity contribution in [2.75, 3.05) is 30.5 Å². The third-order valence-electron chi connectivity index (χ3n) is 4.75. The van der Waals surface area contributed by atoms with Gasteiger partial charge in [-0.2, -0.15) is 4.98 Å². The van der Waals surface area contributed by atoms with Crippen molar-refractivity contribution in [3.63, 3.8) is 0 Å². The first-order chi connectivity index (χ1) is 12.6. The third-order valence-corrected chi connectivity index (χ3v) is 4.98. The Bertz CT molecular complexity index is 753. The maximum absolute atomic E-state index is 6.15. The molecular weight excluding hydrogens is 348 g/mol. The number of hydrogen-bond acceptors (Lipinski definition) is 5. The number of benzene rings is 1. The van der Waals surface area contributed by atoms with E-state index in [2.05, 4.69) is 23.2 Å². The van der Waals surface area contributed by atoms with E-state index in [1.54, 1.807) is 7.11 Å². The van der Waals surface area contributed by atoms with Crippen LogP contribution in [0.3, 0.4) is 0 Å². The molecule has 140 valence electrons. The smallest absolute Gasteiger partial charge is 0.229 e. The number of hydrogen-bond donors (Lipinski definition) is 1. The second-order valence-electron chi connectivity index (χ2n) is 6.82. The van der Waals surface area contributed by atoms with Gasteiger partial charge in [0, 0.05) is 36.1 Å². The lowest BCUT2D eigenvalue weighted by atomic mass is 10.2. The lowest BCUT2D eigenvalue weighted by Crippen LogP contribution is -2.33. The summed E-state index contributed by atoms with van der Waals surface area (Å²) in [5, 5.41) is 4.05. The van der Waals surface area contributed by atoms with Crippen molar-refractivity contribution in [1.82, 2.24) is 9.97 Å². The molecule has 0 saturated carbocycles. The number of rotatable bonds is 7. The number of nitrogens with one attached hydrogen (secondary N) is 1. The van der Waals surface area contributed by atoms with Crippen molar-refractivity contribution in [2.45, 2.75) is 45.6 Å². The van der Waals surface area contributed by atoms with Crippen LogP contribution in [-0.4, -0.2) is 36.3 Å². The number of aryl methyl sites for hydroxylation is 2. The van der Waals surface area contributed by atoms with Gasteiger partial charge in [0.2, 0.25) is 5.95 Å². The highest BCUT2D eigenvalue weighted by Gasteiger charge is 2.26. The van der Waals surface area contributed by atoms with Crippen molar-refractivity contribution in [3.05, 3.63) is 40.5 Å². The largest absolute Gasteiger partial charge is 0.383 e. The lowest BCUT2D eigenvalue weighted by Gasteiger charge is -2.26. The van der Waals surface area contributed by atoms with Crippen molar-refractivity contribution < 1.29 is 4.74 Å². The van der Waals surface area contributed by atoms with E-state index in [-0.39, 0.29) is 0 Å². The molecule has 6 heteroatoms. The Morgan fingerprint density at radius 1 is 1.31 bits per heavy atom. The van der Waals surface area contributed by atoms with Gasteiger partial charge in [-0.3, -0.25) is 0 Å². The highest BCUT2D eigenvalue weighted by Crippen LogP contribution is 2.28. The molecule has 1 aliphatic heterocycles. The number of aromatic nitrogens is 2. The first-order valence-electron chi connectivity index (χ1n) is 9.27. The molecule has 26 heavy (non-hydrogen) atoms. The molecule has 0 amide bonds. The summed E-state index contributed by atoms with van der Waals surface area (Å²) in [4.78, 5) is 11.9. The summed E-state index contributed by atoms with van der Waals surface area (Å²) in [6, 6.07) is 8.30. The molecule has 2 aromatic rings. The molecule has 2 heterocycles. The van der Waals surface area contributed by atoms with Gasteiger partial charge in [-0.15, -0.1) is 0 Å². The van der Waals surface area contributed by atoms with Crippen LogP contribution in [0.15, 0.2) is 24.3 Å². The van der Waals surface area contributed by atoms with Crippen molar-refractivity contribution in [3.8, 4) is 0 Å². The molecule has 1 N–H and O–H groups in total. The molecule has 1 aliphatic rings. The lowest BCUT2D eigenvalue weighted by molar-refractivity contribution is 0.180. The van der Waals surface area contributed by atoms with Crippen LogP contribution >= 0.6 is 11.6 Å². The van der Waals surface area contributed by atoms with Crippen LogP contribution in [-0.2, 0) is 11.2 Å². The number of methoxy groups -OCH3 is 1. The van der Waals surface area contributed by atoms with E-state index in [0.717, 1.165) is 61.6 Å². The van der Waals surface area contributed by atoms with Gasteiger partial charge in [0.25, 0.3) is 0 Å². The molecule has 0 aliphatic carbocycles. The fourth-order valence-corrected chi connectivity index (χ4v) is 3.59. The molecule has 1 atom stereocenters. The van der Waals surface area contributed by atoms with Gasteiger partial charge in [0.1, 0.15) is 5.82 Å². The fourth-order valence-electron chi connectivity index (χ4n) is 3.42. The first kappa shape index (κ1) is 18.9. The third kappa shape index (κ3) is 4.46. The average Bonchev–Trinajstić information content (AvgIpc) is 3.07. The number of anilines is 3. The van der Waals surface area contributed by atoms with Gasteiger partial charge in [-0.05, 0) is 43.9 Å². The molecule has 0 spiro atoms. The molecule has 0 bridgehead atoms. The van der Waals surface area contributed by atoms with Gasteiger partial charge >= 0.3 is 0 Å². The van der Waals surface area contributed by atoms with E-state index < -0.39 is 0 Å². The van der Waals surface area contributed by atoms with Crippen LogP contribution < -0.4 is 10.2 Å². The normalized spacial score (nSPS) is 16.9. The summed E-state index contributed by atoms with van der Waals surface area (Å²) < 4.78 is 5.39. The Labute approximate surface area is 160 Å². The van der Waals surface area contributed by atoms with E-state index in [0.29, 0.717) is 17.0 Å². The molecule has 1 saturated heterocycles. The van der Waals surface area contributed by atoms with Crippen molar-refractivity contribution in [2.24, 2.45) is 0 Å². The minimum Gasteiger partial charge on any atom is -0.383 e. The van der Waals surface area contributed by atoms with E-state index in [1.165, 1.54) is 0 Å². The van der Waals surface area contributed by atoms with Crippen LogP contribution in [0, 0.1) is 6.92 Å². The van der Waals surface area contributed by atoms with Crippen LogP contribution in [0.2, 0.25) is 5.02 Å². The van der Waals surface area contributed by atoms with Crippen molar-refractivity contribution in [1.29, 1.82) is 0 Å². The highest BCUT2D eigenvalue weighted by atomic mass is 35.5. The summed E-state index contributed by atoms with van der Waals surface area (Å²) in [5.74, 6) is 1.60. The Kier molecular flexibility index (Phi) is 6.33. The molecule has 0 radical (unpaired) electrons. The zero-order valence-electron chi connectivity index (χ0n) is 15.8. The highest BCUT2D eigenvalue weighted by molar-refractivity contribution is 6.30. The zero-order valence-corrected chi connectivity index (χ0v) is 16.5. The Morgan fingerprint density at radius 2 is 2.15 bits per heavy atom. The van der Waals surface area contributed by atoms with Gasteiger partial charge < -0.3 is 15.0 Å². The van der Waals surface area contributed by atoms with E-state index in [4.69, 9.17) is 26.3 Å². The van der Waals surface area contributed by atoms with Gasteiger partial charge in [0.05, 0.1) is 12.6 Å². The second-order valence-corrected chi connectivity index (χ2v) is 7.26. The molecule has 1 fully saturated rings. The Hall–Kier alpha value is -1.85. The number of ether oxygens (including phenoxy) is 1. The topological polar surface area (TPSA) is 50.3 Å². The van der Waals surface area contributed by atoms with Crippen LogP contribution in [0.25, 0.3) is 0 Å². The summed E-state index contributed by atoms with van der Waals surface area (Å²) in [5.41, 5.74) is 3.11. The average molecular weight is 375 g/mol. The van der Waals surface area contributed by atoms with E-state index in [1.807, 2.05) is 25.1 Å². The molecule has 3 rings (SSSR count). The summed E-state index contributed by atoms with van der Waals surface area (Å²) in [7, 11) is 1.76. The van der Waals surface area contributed by atoms with Gasteiger partial charge in [0.15, 0.2) is 0 Å². The van der Waals surface area contributed by atoms with Crippen LogP contribution in [0.4, 0.5) is 17.5 Å². The standard InChI is InChI=1S/C20H27ClN4O/c1-4-6-16-12-19(25-10-5-7-17(25)13-26-3)24-20(22-16)23-18-11-15(21)9-8-14(18)2/h8-9,11-12,17H,4-7,10,13H2,1-3H3,(H,22,23,24). The SMILES string of the molecule is CCCc1cc(N2CCCC2COC)nc(Nc2cc(Cl)ccc2C)n1.